The van der Waals surface area contributed by atoms with E-state index in [0.29, 0.717) is 30.5 Å². The lowest BCUT2D eigenvalue weighted by atomic mass is 10.1. The van der Waals surface area contributed by atoms with E-state index < -0.39 is 0 Å². The second-order valence-electron chi connectivity index (χ2n) is 9.26. The molecule has 0 aliphatic rings. The molecule has 0 bridgehead atoms. The van der Waals surface area contributed by atoms with E-state index in [1.165, 1.54) is 0 Å². The molecular weight excluding hydrogens is 414 g/mol. The molecule has 3 rings (SSSR count). The van der Waals surface area contributed by atoms with Crippen LogP contribution in [-0.2, 0) is 17.8 Å². The summed E-state index contributed by atoms with van der Waals surface area (Å²) >= 11 is 0. The summed E-state index contributed by atoms with van der Waals surface area (Å²) in [6.45, 7) is 10.8. The lowest BCUT2D eigenvalue weighted by Gasteiger charge is -2.27. The number of rotatable bonds is 11. The molecule has 7 heteroatoms. The van der Waals surface area contributed by atoms with E-state index >= 15 is 0 Å². The molecule has 176 valence electrons. The van der Waals surface area contributed by atoms with Gasteiger partial charge in [0, 0.05) is 32.3 Å². The highest BCUT2D eigenvalue weighted by molar-refractivity contribution is 5.92. The standard InChI is InChI=1S/C26H35N5O2/c1-19(2)16-30(17-20(3)4)25(32)18-31-23-12-6-5-10-21(23)29-24(31)13-9-15-28-26(33)22-11-7-8-14-27-22/h5-8,10-12,14,19-20H,9,13,15-18H2,1-4H3,(H,28,33). The summed E-state index contributed by atoms with van der Waals surface area (Å²) in [6, 6.07) is 13.2. The van der Waals surface area contributed by atoms with E-state index in [1.807, 2.05) is 33.7 Å². The molecular formula is C26H35N5O2. The van der Waals surface area contributed by atoms with Crippen LogP contribution in [-0.4, -0.2) is 50.9 Å². The fourth-order valence-electron chi connectivity index (χ4n) is 3.92. The van der Waals surface area contributed by atoms with E-state index in [9.17, 15) is 9.59 Å². The van der Waals surface area contributed by atoms with E-state index in [2.05, 4.69) is 38.0 Å². The number of para-hydroxylation sites is 2. The van der Waals surface area contributed by atoms with Gasteiger partial charge in [0.15, 0.2) is 0 Å². The summed E-state index contributed by atoms with van der Waals surface area (Å²) in [5.41, 5.74) is 2.26. The Morgan fingerprint density at radius 2 is 1.70 bits per heavy atom. The molecule has 0 unspecified atom stereocenters. The number of carbonyl (C=O) groups excluding carboxylic acids is 2. The molecule has 0 aliphatic carbocycles. The summed E-state index contributed by atoms with van der Waals surface area (Å²) in [5, 5.41) is 2.91. The molecule has 0 aliphatic heterocycles. The van der Waals surface area contributed by atoms with Gasteiger partial charge in [0.1, 0.15) is 18.1 Å². The van der Waals surface area contributed by atoms with Gasteiger partial charge in [-0.15, -0.1) is 0 Å². The number of amides is 2. The van der Waals surface area contributed by atoms with E-state index in [0.717, 1.165) is 36.4 Å². The third kappa shape index (κ3) is 6.88. The lowest BCUT2D eigenvalue weighted by molar-refractivity contribution is -0.132. The summed E-state index contributed by atoms with van der Waals surface area (Å²) < 4.78 is 2.03. The Labute approximate surface area is 196 Å². The number of aromatic nitrogens is 3. The Morgan fingerprint density at radius 1 is 1.00 bits per heavy atom. The molecule has 33 heavy (non-hydrogen) atoms. The number of pyridine rings is 1. The van der Waals surface area contributed by atoms with Gasteiger partial charge in [-0.3, -0.25) is 14.6 Å². The minimum absolute atomic E-state index is 0.116. The SMILES string of the molecule is CC(C)CN(CC(C)C)C(=O)Cn1c(CCCNC(=O)c2ccccn2)nc2ccccc21. The predicted octanol–water partition coefficient (Wildman–Crippen LogP) is 3.93. The molecule has 0 radical (unpaired) electrons. The third-order valence-electron chi connectivity index (χ3n) is 5.31. The highest BCUT2D eigenvalue weighted by Gasteiger charge is 2.20. The molecule has 3 aromatic rings. The van der Waals surface area contributed by atoms with Crippen molar-refractivity contribution in [2.75, 3.05) is 19.6 Å². The molecule has 7 nitrogen and oxygen atoms in total. The topological polar surface area (TPSA) is 80.1 Å². The Morgan fingerprint density at radius 3 is 2.36 bits per heavy atom. The number of imidazole rings is 1. The first-order valence-electron chi connectivity index (χ1n) is 11.8. The molecule has 0 saturated carbocycles. The summed E-state index contributed by atoms with van der Waals surface area (Å²) in [7, 11) is 0. The van der Waals surface area contributed by atoms with Crippen LogP contribution >= 0.6 is 0 Å². The Balaban J connectivity index is 1.69. The van der Waals surface area contributed by atoms with Gasteiger partial charge < -0.3 is 14.8 Å². The van der Waals surface area contributed by atoms with Crippen LogP contribution in [0.15, 0.2) is 48.7 Å². The maximum atomic E-state index is 13.3. The zero-order valence-electron chi connectivity index (χ0n) is 20.1. The fourth-order valence-corrected chi connectivity index (χ4v) is 3.92. The highest BCUT2D eigenvalue weighted by Crippen LogP contribution is 2.18. The highest BCUT2D eigenvalue weighted by atomic mass is 16.2. The molecule has 2 amide bonds. The van der Waals surface area contributed by atoms with Crippen LogP contribution in [0.25, 0.3) is 11.0 Å². The predicted molar refractivity (Wildman–Crippen MR) is 131 cm³/mol. The van der Waals surface area contributed by atoms with Crippen LogP contribution in [0.5, 0.6) is 0 Å². The van der Waals surface area contributed by atoms with Crippen LogP contribution in [0, 0.1) is 11.8 Å². The van der Waals surface area contributed by atoms with Crippen LogP contribution in [0.2, 0.25) is 0 Å². The molecule has 0 fully saturated rings. The van der Waals surface area contributed by atoms with Crippen LogP contribution < -0.4 is 5.32 Å². The first-order chi connectivity index (χ1) is 15.8. The maximum Gasteiger partial charge on any atom is 0.269 e. The van der Waals surface area contributed by atoms with Crippen LogP contribution in [0.1, 0.15) is 50.4 Å². The second kappa shape index (κ2) is 11.6. The van der Waals surface area contributed by atoms with Crippen molar-refractivity contribution in [3.8, 4) is 0 Å². The Bertz CT molecular complexity index is 1050. The number of hydrogen-bond donors (Lipinski definition) is 1. The molecule has 0 atom stereocenters. The number of carbonyl (C=O) groups is 2. The fraction of sp³-hybridized carbons (Fsp3) is 0.462. The number of hydrogen-bond acceptors (Lipinski definition) is 4. The van der Waals surface area contributed by atoms with Gasteiger partial charge in [0.25, 0.3) is 5.91 Å². The van der Waals surface area contributed by atoms with E-state index in [1.54, 1.807) is 24.4 Å². The minimum Gasteiger partial charge on any atom is -0.351 e. The first kappa shape index (κ1) is 24.4. The smallest absolute Gasteiger partial charge is 0.269 e. The normalized spacial score (nSPS) is 11.3. The number of benzene rings is 1. The number of fused-ring (bicyclic) bond motifs is 1. The maximum absolute atomic E-state index is 13.3. The van der Waals surface area contributed by atoms with Gasteiger partial charge in [-0.2, -0.15) is 0 Å². The van der Waals surface area contributed by atoms with Crippen molar-refractivity contribution in [2.24, 2.45) is 11.8 Å². The second-order valence-corrected chi connectivity index (χ2v) is 9.26. The van der Waals surface area contributed by atoms with Gasteiger partial charge in [-0.25, -0.2) is 4.98 Å². The van der Waals surface area contributed by atoms with Crippen molar-refractivity contribution < 1.29 is 9.59 Å². The van der Waals surface area contributed by atoms with E-state index in [4.69, 9.17) is 4.98 Å². The van der Waals surface area contributed by atoms with Gasteiger partial charge in [-0.1, -0.05) is 45.9 Å². The first-order valence-corrected chi connectivity index (χ1v) is 11.8. The van der Waals surface area contributed by atoms with Gasteiger partial charge in [0.05, 0.1) is 11.0 Å². The molecule has 0 saturated heterocycles. The average Bonchev–Trinajstić information content (AvgIpc) is 3.13. The van der Waals surface area contributed by atoms with E-state index in [-0.39, 0.29) is 18.4 Å². The lowest BCUT2D eigenvalue weighted by Crippen LogP contribution is -2.39. The van der Waals surface area contributed by atoms with Crippen molar-refractivity contribution in [1.82, 2.24) is 24.8 Å². The summed E-state index contributed by atoms with van der Waals surface area (Å²) in [4.78, 5) is 36.3. The zero-order chi connectivity index (χ0) is 23.8. The van der Waals surface area contributed by atoms with Crippen molar-refractivity contribution in [3.05, 3.63) is 60.2 Å². The van der Waals surface area contributed by atoms with Crippen molar-refractivity contribution in [3.63, 3.8) is 0 Å². The number of nitrogens with zero attached hydrogens (tertiary/aromatic N) is 4. The van der Waals surface area contributed by atoms with Crippen LogP contribution in [0.3, 0.4) is 0 Å². The molecule has 1 N–H and O–H groups in total. The minimum atomic E-state index is -0.183. The number of nitrogens with one attached hydrogen (secondary N) is 1. The van der Waals surface area contributed by atoms with Gasteiger partial charge >= 0.3 is 0 Å². The van der Waals surface area contributed by atoms with Crippen LogP contribution in [0.4, 0.5) is 0 Å². The zero-order valence-corrected chi connectivity index (χ0v) is 20.1. The monoisotopic (exact) mass is 449 g/mol. The van der Waals surface area contributed by atoms with Crippen molar-refractivity contribution in [1.29, 1.82) is 0 Å². The molecule has 0 spiro atoms. The van der Waals surface area contributed by atoms with Gasteiger partial charge in [-0.05, 0) is 42.5 Å². The Hall–Kier alpha value is -3.22. The Kier molecular flexibility index (Phi) is 8.58. The summed E-state index contributed by atoms with van der Waals surface area (Å²) in [5.74, 6) is 1.62. The van der Waals surface area contributed by atoms with Gasteiger partial charge in [0.2, 0.25) is 5.91 Å². The quantitative estimate of drug-likeness (QED) is 0.450. The van der Waals surface area contributed by atoms with Crippen molar-refractivity contribution in [2.45, 2.75) is 47.1 Å². The molecule has 2 aromatic heterocycles. The largest absolute Gasteiger partial charge is 0.351 e. The summed E-state index contributed by atoms with van der Waals surface area (Å²) in [6.07, 6.45) is 2.99. The average molecular weight is 450 g/mol. The molecule has 2 heterocycles. The van der Waals surface area contributed by atoms with Crippen molar-refractivity contribution >= 4 is 22.8 Å². The third-order valence-corrected chi connectivity index (χ3v) is 5.31. The number of aryl methyl sites for hydroxylation is 1. The molecule has 1 aromatic carbocycles.